The first-order valence-electron chi connectivity index (χ1n) is 9.55. The molecule has 4 N–H and O–H groups in total. The minimum absolute atomic E-state index is 0.212. The fraction of sp³-hybridized carbons (Fsp3) is 0.333. The van der Waals surface area contributed by atoms with Crippen molar-refractivity contribution in [2.24, 2.45) is 0 Å². The number of hydrogen-bond acceptors (Lipinski definition) is 5. The van der Waals surface area contributed by atoms with Crippen molar-refractivity contribution in [3.05, 3.63) is 66.0 Å². The predicted molar refractivity (Wildman–Crippen MR) is 107 cm³/mol. The molecule has 154 valence electrons. The highest BCUT2D eigenvalue weighted by Gasteiger charge is 2.21. The molecule has 1 aromatic carbocycles. The van der Waals surface area contributed by atoms with E-state index in [4.69, 9.17) is 5.21 Å². The molecule has 2 rings (SSSR count). The Morgan fingerprint density at radius 2 is 1.79 bits per heavy atom. The first kappa shape index (κ1) is 22.0. The topological polar surface area (TPSA) is 120 Å². The number of nitrogens with one attached hydrogen (secondary N) is 3. The van der Waals surface area contributed by atoms with Gasteiger partial charge in [-0.25, -0.2) is 5.48 Å². The molecule has 0 fully saturated rings. The monoisotopic (exact) mass is 398 g/mol. The van der Waals surface area contributed by atoms with Crippen molar-refractivity contribution >= 4 is 17.7 Å². The van der Waals surface area contributed by atoms with Gasteiger partial charge in [0.25, 0.3) is 5.91 Å². The van der Waals surface area contributed by atoms with Gasteiger partial charge in [-0.1, -0.05) is 43.2 Å². The summed E-state index contributed by atoms with van der Waals surface area (Å²) < 4.78 is 0. The Kier molecular flexibility index (Phi) is 9.31. The lowest BCUT2D eigenvalue weighted by Crippen LogP contribution is -2.46. The average molecular weight is 398 g/mol. The van der Waals surface area contributed by atoms with Crippen LogP contribution in [0.15, 0.2) is 54.9 Å². The molecule has 29 heavy (non-hydrogen) atoms. The van der Waals surface area contributed by atoms with Gasteiger partial charge in [0.15, 0.2) is 0 Å². The summed E-state index contributed by atoms with van der Waals surface area (Å²) in [4.78, 5) is 40.1. The molecule has 0 saturated carbocycles. The number of nitrogens with zero attached hydrogens (tertiary/aromatic N) is 1. The van der Waals surface area contributed by atoms with E-state index in [0.29, 0.717) is 37.8 Å². The second-order valence-corrected chi connectivity index (χ2v) is 6.61. The van der Waals surface area contributed by atoms with E-state index in [1.54, 1.807) is 23.8 Å². The zero-order chi connectivity index (χ0) is 20.9. The van der Waals surface area contributed by atoms with Crippen molar-refractivity contribution in [2.75, 3.05) is 0 Å². The van der Waals surface area contributed by atoms with Gasteiger partial charge in [-0.15, -0.1) is 0 Å². The number of rotatable bonds is 11. The quantitative estimate of drug-likeness (QED) is 0.262. The number of pyridine rings is 1. The van der Waals surface area contributed by atoms with Gasteiger partial charge in [0.2, 0.25) is 11.8 Å². The van der Waals surface area contributed by atoms with Crippen LogP contribution < -0.4 is 16.1 Å². The van der Waals surface area contributed by atoms with Crippen LogP contribution in [0.4, 0.5) is 0 Å². The first-order chi connectivity index (χ1) is 14.1. The van der Waals surface area contributed by atoms with Crippen LogP contribution in [0, 0.1) is 0 Å². The molecule has 0 unspecified atom stereocenters. The lowest BCUT2D eigenvalue weighted by atomic mass is 10.1. The van der Waals surface area contributed by atoms with E-state index in [0.717, 1.165) is 5.56 Å². The molecule has 0 aliphatic heterocycles. The lowest BCUT2D eigenvalue weighted by Gasteiger charge is -2.18. The van der Waals surface area contributed by atoms with Gasteiger partial charge in [0.1, 0.15) is 6.04 Å². The molecule has 0 radical (unpaired) electrons. The van der Waals surface area contributed by atoms with Crippen LogP contribution in [0.25, 0.3) is 0 Å². The zero-order valence-corrected chi connectivity index (χ0v) is 16.1. The van der Waals surface area contributed by atoms with Crippen molar-refractivity contribution in [1.29, 1.82) is 0 Å². The van der Waals surface area contributed by atoms with E-state index in [1.807, 2.05) is 30.3 Å². The van der Waals surface area contributed by atoms with Gasteiger partial charge in [-0.3, -0.25) is 24.6 Å². The van der Waals surface area contributed by atoms with Gasteiger partial charge >= 0.3 is 0 Å². The summed E-state index contributed by atoms with van der Waals surface area (Å²) in [5.74, 6) is -1.07. The number of carbonyl (C=O) groups is 3. The van der Waals surface area contributed by atoms with Crippen LogP contribution in [-0.2, 0) is 16.1 Å². The van der Waals surface area contributed by atoms with Gasteiger partial charge in [-0.2, -0.15) is 0 Å². The molecule has 3 amide bonds. The number of aromatic nitrogens is 1. The highest BCUT2D eigenvalue weighted by Crippen LogP contribution is 2.08. The predicted octanol–water partition coefficient (Wildman–Crippen LogP) is 1.95. The molecule has 1 atom stereocenters. The molecule has 2 aromatic rings. The second kappa shape index (κ2) is 12.2. The molecule has 1 aromatic heterocycles. The zero-order valence-electron chi connectivity index (χ0n) is 16.1. The number of benzene rings is 1. The van der Waals surface area contributed by atoms with Crippen LogP contribution in [0.3, 0.4) is 0 Å². The third kappa shape index (κ3) is 8.10. The van der Waals surface area contributed by atoms with Crippen molar-refractivity contribution < 1.29 is 19.6 Å². The Bertz CT molecular complexity index is 784. The molecule has 8 heteroatoms. The lowest BCUT2D eigenvalue weighted by molar-refractivity contribution is -0.129. The maximum Gasteiger partial charge on any atom is 0.253 e. The van der Waals surface area contributed by atoms with Crippen LogP contribution in [0.5, 0.6) is 0 Å². The minimum Gasteiger partial charge on any atom is -0.350 e. The summed E-state index contributed by atoms with van der Waals surface area (Å²) in [6, 6.07) is 12.1. The molecule has 0 saturated heterocycles. The molecular formula is C21H26N4O4. The number of hydroxylamine groups is 1. The van der Waals surface area contributed by atoms with Crippen LogP contribution in [0.2, 0.25) is 0 Å². The molecule has 0 bridgehead atoms. The van der Waals surface area contributed by atoms with Crippen LogP contribution in [0.1, 0.15) is 48.0 Å². The molecular weight excluding hydrogens is 372 g/mol. The number of unbranched alkanes of at least 4 members (excludes halogenated alkanes) is 2. The van der Waals surface area contributed by atoms with Gasteiger partial charge < -0.3 is 10.6 Å². The second-order valence-electron chi connectivity index (χ2n) is 6.61. The minimum atomic E-state index is -0.696. The molecule has 0 aliphatic carbocycles. The molecule has 1 heterocycles. The standard InChI is InChI=1S/C21H26N4O4/c26-19(25-29)12-6-2-5-11-18(24-20(27)17-10-7-13-22-15-17)21(28)23-14-16-8-3-1-4-9-16/h1,3-4,7-10,13,15,18,29H,2,5-6,11-12,14H2,(H,23,28)(H,24,27)(H,25,26)/t18-/m0/s1. The van der Waals surface area contributed by atoms with Crippen molar-refractivity contribution in [1.82, 2.24) is 21.1 Å². The SMILES string of the molecule is O=C(CCCCC[C@H](NC(=O)c1cccnc1)C(=O)NCc1ccccc1)NO. The molecule has 0 aliphatic rings. The smallest absolute Gasteiger partial charge is 0.253 e. The van der Waals surface area contributed by atoms with Crippen molar-refractivity contribution in [2.45, 2.75) is 44.7 Å². The van der Waals surface area contributed by atoms with Gasteiger partial charge in [0.05, 0.1) is 5.56 Å². The van der Waals surface area contributed by atoms with Crippen LogP contribution >= 0.6 is 0 Å². The summed E-state index contributed by atoms with van der Waals surface area (Å²) in [5, 5.41) is 14.1. The Morgan fingerprint density at radius 1 is 1.00 bits per heavy atom. The Labute approximate surface area is 169 Å². The largest absolute Gasteiger partial charge is 0.350 e. The highest BCUT2D eigenvalue weighted by molar-refractivity contribution is 5.97. The van der Waals surface area contributed by atoms with E-state index in [2.05, 4.69) is 15.6 Å². The van der Waals surface area contributed by atoms with E-state index in [9.17, 15) is 14.4 Å². The number of hydrogen-bond donors (Lipinski definition) is 4. The summed E-state index contributed by atoms with van der Waals surface area (Å²) in [6.45, 7) is 0.371. The molecule has 0 spiro atoms. The number of carbonyl (C=O) groups excluding carboxylic acids is 3. The third-order valence-corrected chi connectivity index (χ3v) is 4.38. The molecule has 8 nitrogen and oxygen atoms in total. The summed E-state index contributed by atoms with van der Waals surface area (Å²) in [7, 11) is 0. The number of amides is 3. The highest BCUT2D eigenvalue weighted by atomic mass is 16.5. The maximum absolute atomic E-state index is 12.7. The van der Waals surface area contributed by atoms with Gasteiger partial charge in [0, 0.05) is 25.4 Å². The Morgan fingerprint density at radius 3 is 2.48 bits per heavy atom. The Balaban J connectivity index is 1.91. The summed E-state index contributed by atoms with van der Waals surface area (Å²) in [6.07, 6.45) is 5.59. The third-order valence-electron chi connectivity index (χ3n) is 4.38. The normalized spacial score (nSPS) is 11.3. The van der Waals surface area contributed by atoms with E-state index in [1.165, 1.54) is 6.20 Å². The van der Waals surface area contributed by atoms with E-state index in [-0.39, 0.29) is 18.2 Å². The first-order valence-corrected chi connectivity index (χ1v) is 9.55. The van der Waals surface area contributed by atoms with Gasteiger partial charge in [-0.05, 0) is 30.5 Å². The van der Waals surface area contributed by atoms with E-state index < -0.39 is 11.9 Å². The van der Waals surface area contributed by atoms with Crippen LogP contribution in [-0.4, -0.2) is 34.0 Å². The average Bonchev–Trinajstić information content (AvgIpc) is 2.77. The van der Waals surface area contributed by atoms with E-state index >= 15 is 0 Å². The van der Waals surface area contributed by atoms with Crippen molar-refractivity contribution in [3.8, 4) is 0 Å². The summed E-state index contributed by atoms with van der Waals surface area (Å²) in [5.41, 5.74) is 2.94. The Hall–Kier alpha value is -3.26. The fourth-order valence-corrected chi connectivity index (χ4v) is 2.78. The van der Waals surface area contributed by atoms with Crippen molar-refractivity contribution in [3.63, 3.8) is 0 Å². The fourth-order valence-electron chi connectivity index (χ4n) is 2.78. The maximum atomic E-state index is 12.7. The summed E-state index contributed by atoms with van der Waals surface area (Å²) >= 11 is 0.